The second kappa shape index (κ2) is 8.73. The Morgan fingerprint density at radius 2 is 2.06 bits per heavy atom. The zero-order chi connectivity index (χ0) is 23.0. The molecule has 0 unspecified atom stereocenters. The number of carbonyl (C=O) groups is 2. The fraction of sp³-hybridized carbons (Fsp3) is 0.364. The molecular formula is C22H24ClN3O5S. The summed E-state index contributed by atoms with van der Waals surface area (Å²) in [5.41, 5.74) is 1.69. The van der Waals surface area contributed by atoms with Gasteiger partial charge in [0.2, 0.25) is 15.9 Å². The van der Waals surface area contributed by atoms with Crippen LogP contribution in [0.15, 0.2) is 41.3 Å². The Morgan fingerprint density at radius 3 is 2.84 bits per heavy atom. The first kappa shape index (κ1) is 22.6. The van der Waals surface area contributed by atoms with E-state index in [4.69, 9.17) is 16.3 Å². The van der Waals surface area contributed by atoms with E-state index in [9.17, 15) is 18.0 Å². The molecule has 170 valence electrons. The van der Waals surface area contributed by atoms with Gasteiger partial charge in [0.25, 0.3) is 5.91 Å². The predicted octanol–water partition coefficient (Wildman–Crippen LogP) is 3.41. The van der Waals surface area contributed by atoms with E-state index in [0.29, 0.717) is 41.5 Å². The van der Waals surface area contributed by atoms with Gasteiger partial charge >= 0.3 is 0 Å². The van der Waals surface area contributed by atoms with Crippen molar-refractivity contribution in [2.24, 2.45) is 5.92 Å². The van der Waals surface area contributed by atoms with Crippen molar-refractivity contribution >= 4 is 44.8 Å². The van der Waals surface area contributed by atoms with E-state index in [1.165, 1.54) is 22.5 Å². The molecule has 1 fully saturated rings. The standard InChI is InChI=1S/C22H24ClN3O5S/c1-13-17(23)6-3-7-18(13)24-22(28)15-5-4-10-26(12-15)32(29,30)16-8-9-20-19(11-16)25-21(27)14(2)31-20/h3,6-9,11,14-15H,4-5,10,12H2,1-2H3,(H,24,28)(H,25,27)/t14-,15+/m0/s1. The first-order chi connectivity index (χ1) is 15.2. The molecule has 0 saturated carbocycles. The Bertz CT molecular complexity index is 1180. The fourth-order valence-corrected chi connectivity index (χ4v) is 5.57. The smallest absolute Gasteiger partial charge is 0.265 e. The van der Waals surface area contributed by atoms with Gasteiger partial charge in [0, 0.05) is 23.8 Å². The van der Waals surface area contributed by atoms with Gasteiger partial charge in [-0.05, 0) is 62.6 Å². The van der Waals surface area contributed by atoms with Crippen molar-refractivity contribution in [3.05, 3.63) is 47.0 Å². The van der Waals surface area contributed by atoms with Crippen molar-refractivity contribution in [3.63, 3.8) is 0 Å². The van der Waals surface area contributed by atoms with Gasteiger partial charge in [-0.2, -0.15) is 4.31 Å². The number of benzene rings is 2. The lowest BCUT2D eigenvalue weighted by Gasteiger charge is -2.31. The van der Waals surface area contributed by atoms with Crippen LogP contribution in [0.4, 0.5) is 11.4 Å². The summed E-state index contributed by atoms with van der Waals surface area (Å²) in [5, 5.41) is 6.09. The van der Waals surface area contributed by atoms with Crippen molar-refractivity contribution in [2.75, 3.05) is 23.7 Å². The molecule has 2 heterocycles. The first-order valence-electron chi connectivity index (χ1n) is 10.3. The van der Waals surface area contributed by atoms with E-state index in [1.54, 1.807) is 25.1 Å². The predicted molar refractivity (Wildman–Crippen MR) is 121 cm³/mol. The van der Waals surface area contributed by atoms with Gasteiger partial charge in [-0.3, -0.25) is 9.59 Å². The molecule has 1 saturated heterocycles. The van der Waals surface area contributed by atoms with Gasteiger partial charge in [-0.25, -0.2) is 8.42 Å². The van der Waals surface area contributed by atoms with E-state index >= 15 is 0 Å². The van der Waals surface area contributed by atoms with Gasteiger partial charge in [0.05, 0.1) is 16.5 Å². The Balaban J connectivity index is 1.51. The molecule has 2 aliphatic rings. The number of anilines is 2. The number of hydrogen-bond donors (Lipinski definition) is 2. The van der Waals surface area contributed by atoms with Gasteiger partial charge in [0.15, 0.2) is 6.10 Å². The summed E-state index contributed by atoms with van der Waals surface area (Å²) in [5.74, 6) is -0.643. The van der Waals surface area contributed by atoms with Crippen LogP contribution in [0.1, 0.15) is 25.3 Å². The van der Waals surface area contributed by atoms with E-state index in [0.717, 1.165) is 5.56 Å². The highest BCUT2D eigenvalue weighted by molar-refractivity contribution is 7.89. The largest absolute Gasteiger partial charge is 0.479 e. The molecule has 10 heteroatoms. The molecule has 0 aromatic heterocycles. The van der Waals surface area contributed by atoms with Gasteiger partial charge in [-0.1, -0.05) is 17.7 Å². The van der Waals surface area contributed by atoms with Crippen LogP contribution in [0, 0.1) is 12.8 Å². The second-order valence-electron chi connectivity index (χ2n) is 8.01. The molecule has 2 amide bonds. The summed E-state index contributed by atoms with van der Waals surface area (Å²) in [6, 6.07) is 9.65. The average Bonchev–Trinajstić information content (AvgIpc) is 2.77. The number of carbonyl (C=O) groups excluding carboxylic acids is 2. The monoisotopic (exact) mass is 477 g/mol. The summed E-state index contributed by atoms with van der Waals surface area (Å²) in [6.45, 7) is 3.83. The molecule has 4 rings (SSSR count). The van der Waals surface area contributed by atoms with Crippen molar-refractivity contribution in [3.8, 4) is 5.75 Å². The van der Waals surface area contributed by atoms with Crippen LogP contribution in [0.25, 0.3) is 0 Å². The maximum atomic E-state index is 13.3. The maximum Gasteiger partial charge on any atom is 0.265 e. The lowest BCUT2D eigenvalue weighted by atomic mass is 9.98. The third kappa shape index (κ3) is 4.32. The Kier molecular flexibility index (Phi) is 6.15. The number of fused-ring (bicyclic) bond motifs is 1. The number of nitrogens with one attached hydrogen (secondary N) is 2. The summed E-state index contributed by atoms with van der Waals surface area (Å²) >= 11 is 6.13. The Labute approximate surface area is 191 Å². The third-order valence-electron chi connectivity index (χ3n) is 5.80. The highest BCUT2D eigenvalue weighted by atomic mass is 35.5. The molecule has 32 heavy (non-hydrogen) atoms. The van der Waals surface area contributed by atoms with Crippen LogP contribution in [0.5, 0.6) is 5.75 Å². The van der Waals surface area contributed by atoms with Gasteiger partial charge in [0.1, 0.15) is 5.75 Å². The van der Waals surface area contributed by atoms with Gasteiger partial charge < -0.3 is 15.4 Å². The van der Waals surface area contributed by atoms with Crippen molar-refractivity contribution < 1.29 is 22.7 Å². The SMILES string of the molecule is Cc1c(Cl)cccc1NC(=O)[C@@H]1CCCN(S(=O)(=O)c2ccc3c(c2)NC(=O)[C@H](C)O3)C1. The minimum atomic E-state index is -3.86. The molecule has 2 aromatic rings. The Morgan fingerprint density at radius 1 is 1.28 bits per heavy atom. The highest BCUT2D eigenvalue weighted by Gasteiger charge is 2.34. The molecule has 8 nitrogen and oxygen atoms in total. The summed E-state index contributed by atoms with van der Waals surface area (Å²) in [7, 11) is -3.86. The van der Waals surface area contributed by atoms with Crippen LogP contribution < -0.4 is 15.4 Å². The number of amides is 2. The zero-order valence-corrected chi connectivity index (χ0v) is 19.3. The van der Waals surface area contributed by atoms with Gasteiger partial charge in [-0.15, -0.1) is 0 Å². The lowest BCUT2D eigenvalue weighted by molar-refractivity contribution is -0.123. The van der Waals surface area contributed by atoms with Crippen molar-refractivity contribution in [1.82, 2.24) is 4.31 Å². The molecular weight excluding hydrogens is 454 g/mol. The summed E-state index contributed by atoms with van der Waals surface area (Å²) in [6.07, 6.45) is 0.506. The first-order valence-corrected chi connectivity index (χ1v) is 12.2. The molecule has 2 N–H and O–H groups in total. The van der Waals surface area contributed by atoms with Crippen molar-refractivity contribution in [1.29, 1.82) is 0 Å². The molecule has 2 aliphatic heterocycles. The number of halogens is 1. The number of rotatable bonds is 4. The average molecular weight is 478 g/mol. The topological polar surface area (TPSA) is 105 Å². The van der Waals surface area contributed by atoms with Crippen LogP contribution in [-0.2, 0) is 19.6 Å². The highest BCUT2D eigenvalue weighted by Crippen LogP contribution is 2.34. The molecule has 0 bridgehead atoms. The van der Waals surface area contributed by atoms with Crippen LogP contribution in [0.3, 0.4) is 0 Å². The summed E-state index contributed by atoms with van der Waals surface area (Å²) in [4.78, 5) is 24.8. The fourth-order valence-electron chi connectivity index (χ4n) is 3.85. The van der Waals surface area contributed by atoms with Crippen molar-refractivity contribution in [2.45, 2.75) is 37.7 Å². The second-order valence-corrected chi connectivity index (χ2v) is 10.4. The van der Waals surface area contributed by atoms with E-state index in [2.05, 4.69) is 10.6 Å². The molecule has 2 aromatic carbocycles. The molecule has 2 atom stereocenters. The number of sulfonamides is 1. The lowest BCUT2D eigenvalue weighted by Crippen LogP contribution is -2.43. The van der Waals surface area contributed by atoms with E-state index in [-0.39, 0.29) is 23.3 Å². The molecule has 0 aliphatic carbocycles. The van der Waals surface area contributed by atoms with E-state index in [1.807, 2.05) is 6.92 Å². The zero-order valence-electron chi connectivity index (χ0n) is 17.7. The number of nitrogens with zero attached hydrogens (tertiary/aromatic N) is 1. The van der Waals surface area contributed by atoms with Crippen LogP contribution >= 0.6 is 11.6 Å². The molecule has 0 radical (unpaired) electrons. The normalized spacial score (nSPS) is 21.3. The quantitative estimate of drug-likeness (QED) is 0.702. The summed E-state index contributed by atoms with van der Waals surface area (Å²) < 4.78 is 33.4. The number of ether oxygens (including phenoxy) is 1. The maximum absolute atomic E-state index is 13.3. The number of piperidine rings is 1. The third-order valence-corrected chi connectivity index (χ3v) is 8.07. The van der Waals surface area contributed by atoms with Crippen LogP contribution in [-0.4, -0.2) is 43.7 Å². The van der Waals surface area contributed by atoms with E-state index < -0.39 is 22.0 Å². The number of hydrogen-bond acceptors (Lipinski definition) is 5. The molecule has 0 spiro atoms. The minimum Gasteiger partial charge on any atom is -0.479 e. The minimum absolute atomic E-state index is 0.0430. The van der Waals surface area contributed by atoms with Crippen LogP contribution in [0.2, 0.25) is 5.02 Å². The Hall–Kier alpha value is -2.62.